The molecule has 2 atom stereocenters. The minimum Gasteiger partial charge on any atom is -0.494 e. The molecule has 2 rings (SSSR count). The van der Waals surface area contributed by atoms with Gasteiger partial charge in [-0.1, -0.05) is 12.1 Å². The van der Waals surface area contributed by atoms with Crippen LogP contribution in [0, 0.1) is 13.8 Å². The van der Waals surface area contributed by atoms with E-state index in [4.69, 9.17) is 9.15 Å². The lowest BCUT2D eigenvalue weighted by Gasteiger charge is -2.20. The number of hydrogen-bond donors (Lipinski definition) is 1. The molecule has 0 fully saturated rings. The Labute approximate surface area is 127 Å². The van der Waals surface area contributed by atoms with E-state index in [1.807, 2.05) is 32.9 Å². The molecule has 1 N–H and O–H groups in total. The quantitative estimate of drug-likeness (QED) is 0.835. The summed E-state index contributed by atoms with van der Waals surface area (Å²) in [6, 6.07) is 10.9. The zero-order valence-electron chi connectivity index (χ0n) is 13.6. The van der Waals surface area contributed by atoms with Crippen LogP contribution in [0.15, 0.2) is 34.7 Å². The van der Waals surface area contributed by atoms with Crippen molar-refractivity contribution in [3.05, 3.63) is 53.0 Å². The molecule has 0 amide bonds. The maximum absolute atomic E-state index is 5.61. The van der Waals surface area contributed by atoms with Crippen LogP contribution >= 0.6 is 0 Å². The maximum Gasteiger partial charge on any atom is 0.119 e. The van der Waals surface area contributed by atoms with Crippen LogP contribution in [0.4, 0.5) is 0 Å². The number of benzene rings is 1. The zero-order valence-corrected chi connectivity index (χ0v) is 13.6. The van der Waals surface area contributed by atoms with E-state index in [-0.39, 0.29) is 12.1 Å². The minimum atomic E-state index is 0.254. The molecular formula is C18H25NO2. The number of nitrogens with one attached hydrogen (secondary N) is 1. The Morgan fingerprint density at radius 2 is 1.76 bits per heavy atom. The summed E-state index contributed by atoms with van der Waals surface area (Å²) in [5.41, 5.74) is 2.48. The minimum absolute atomic E-state index is 0.254. The van der Waals surface area contributed by atoms with Gasteiger partial charge >= 0.3 is 0 Å². The van der Waals surface area contributed by atoms with Gasteiger partial charge in [0.25, 0.3) is 0 Å². The molecule has 0 saturated heterocycles. The Kier molecular flexibility index (Phi) is 5.07. The molecule has 1 aromatic carbocycles. The van der Waals surface area contributed by atoms with Gasteiger partial charge in [0, 0.05) is 17.6 Å². The summed E-state index contributed by atoms with van der Waals surface area (Å²) in [5, 5.41) is 3.62. The molecule has 1 aromatic heterocycles. The predicted molar refractivity (Wildman–Crippen MR) is 85.8 cm³/mol. The van der Waals surface area contributed by atoms with Gasteiger partial charge in [-0.25, -0.2) is 0 Å². The van der Waals surface area contributed by atoms with Crippen molar-refractivity contribution >= 4 is 0 Å². The highest BCUT2D eigenvalue weighted by atomic mass is 16.5. The molecule has 2 unspecified atom stereocenters. The monoisotopic (exact) mass is 287 g/mol. The van der Waals surface area contributed by atoms with E-state index in [0.29, 0.717) is 6.61 Å². The number of aryl methyl sites for hydroxylation is 2. The third-order valence-electron chi connectivity index (χ3n) is 3.74. The van der Waals surface area contributed by atoms with Crippen LogP contribution in [0.1, 0.15) is 55.5 Å². The Bertz CT molecular complexity index is 571. The Morgan fingerprint density at radius 1 is 1.10 bits per heavy atom. The first kappa shape index (κ1) is 15.6. The maximum atomic E-state index is 5.61. The van der Waals surface area contributed by atoms with Crippen molar-refractivity contribution in [3.8, 4) is 5.75 Å². The average Bonchev–Trinajstić information content (AvgIpc) is 2.79. The van der Waals surface area contributed by atoms with Crippen LogP contribution in [-0.2, 0) is 0 Å². The van der Waals surface area contributed by atoms with Gasteiger partial charge in [0.1, 0.15) is 17.3 Å². The lowest BCUT2D eigenvalue weighted by molar-refractivity contribution is 0.340. The second kappa shape index (κ2) is 6.81. The van der Waals surface area contributed by atoms with Gasteiger partial charge in [-0.3, -0.25) is 0 Å². The van der Waals surface area contributed by atoms with Gasteiger partial charge in [-0.05, 0) is 58.4 Å². The molecule has 3 heteroatoms. The molecule has 2 aromatic rings. The Morgan fingerprint density at radius 3 is 2.29 bits per heavy atom. The largest absolute Gasteiger partial charge is 0.494 e. The first-order valence-corrected chi connectivity index (χ1v) is 7.57. The van der Waals surface area contributed by atoms with Gasteiger partial charge in [-0.15, -0.1) is 0 Å². The third kappa shape index (κ3) is 3.88. The zero-order chi connectivity index (χ0) is 15.4. The van der Waals surface area contributed by atoms with Crippen LogP contribution in [0.25, 0.3) is 0 Å². The number of furan rings is 1. The van der Waals surface area contributed by atoms with E-state index in [0.717, 1.165) is 17.3 Å². The molecule has 1 heterocycles. The molecule has 0 saturated carbocycles. The lowest BCUT2D eigenvalue weighted by Crippen LogP contribution is -2.22. The highest BCUT2D eigenvalue weighted by Gasteiger charge is 2.15. The lowest BCUT2D eigenvalue weighted by atomic mass is 10.0. The van der Waals surface area contributed by atoms with Crippen molar-refractivity contribution < 1.29 is 9.15 Å². The fraction of sp³-hybridized carbons (Fsp3) is 0.444. The van der Waals surface area contributed by atoms with Gasteiger partial charge < -0.3 is 14.5 Å². The molecule has 114 valence electrons. The molecule has 0 aliphatic carbocycles. The van der Waals surface area contributed by atoms with Crippen molar-refractivity contribution in [2.24, 2.45) is 0 Å². The van der Waals surface area contributed by atoms with Crippen LogP contribution in [0.3, 0.4) is 0 Å². The standard InChI is InChI=1S/C18H25NO2/c1-6-20-17-9-7-16(8-10-17)13(3)19-14(4)18-11-12(2)21-15(18)5/h7-11,13-14,19H,6H2,1-5H3. The third-order valence-corrected chi connectivity index (χ3v) is 3.74. The Hall–Kier alpha value is -1.74. The van der Waals surface area contributed by atoms with E-state index in [9.17, 15) is 0 Å². The first-order valence-electron chi connectivity index (χ1n) is 7.57. The molecule has 0 radical (unpaired) electrons. The van der Waals surface area contributed by atoms with Crippen molar-refractivity contribution in [3.63, 3.8) is 0 Å². The van der Waals surface area contributed by atoms with Crippen molar-refractivity contribution in [2.45, 2.75) is 46.7 Å². The van der Waals surface area contributed by atoms with E-state index >= 15 is 0 Å². The molecule has 0 bridgehead atoms. The van der Waals surface area contributed by atoms with Crippen molar-refractivity contribution in [1.29, 1.82) is 0 Å². The summed E-state index contributed by atoms with van der Waals surface area (Å²) in [5.74, 6) is 2.87. The molecule has 3 nitrogen and oxygen atoms in total. The number of ether oxygens (including phenoxy) is 1. The number of hydrogen-bond acceptors (Lipinski definition) is 3. The van der Waals surface area contributed by atoms with E-state index in [1.165, 1.54) is 11.1 Å². The molecular weight excluding hydrogens is 262 g/mol. The summed E-state index contributed by atoms with van der Waals surface area (Å²) >= 11 is 0. The van der Waals surface area contributed by atoms with Crippen molar-refractivity contribution in [2.75, 3.05) is 6.61 Å². The van der Waals surface area contributed by atoms with Crippen LogP contribution in [0.2, 0.25) is 0 Å². The van der Waals surface area contributed by atoms with E-state index in [2.05, 4.69) is 37.4 Å². The molecule has 0 spiro atoms. The second-order valence-electron chi connectivity index (χ2n) is 5.48. The van der Waals surface area contributed by atoms with Crippen molar-refractivity contribution in [1.82, 2.24) is 5.32 Å². The fourth-order valence-corrected chi connectivity index (χ4v) is 2.66. The topological polar surface area (TPSA) is 34.4 Å². The Balaban J connectivity index is 2.03. The van der Waals surface area contributed by atoms with Gasteiger partial charge in [0.2, 0.25) is 0 Å². The normalized spacial score (nSPS) is 14.0. The van der Waals surface area contributed by atoms with Crippen LogP contribution in [-0.4, -0.2) is 6.61 Å². The van der Waals surface area contributed by atoms with Gasteiger partial charge in [0.05, 0.1) is 6.61 Å². The molecule has 21 heavy (non-hydrogen) atoms. The predicted octanol–water partition coefficient (Wildman–Crippen LogP) is 4.71. The molecule has 0 aliphatic rings. The summed E-state index contributed by atoms with van der Waals surface area (Å²) in [6.45, 7) is 11.0. The average molecular weight is 287 g/mol. The van der Waals surface area contributed by atoms with Crippen LogP contribution < -0.4 is 10.1 Å². The molecule has 0 aliphatic heterocycles. The number of rotatable bonds is 6. The highest BCUT2D eigenvalue weighted by molar-refractivity contribution is 5.30. The van der Waals surface area contributed by atoms with E-state index in [1.54, 1.807) is 0 Å². The second-order valence-corrected chi connectivity index (χ2v) is 5.48. The smallest absolute Gasteiger partial charge is 0.119 e. The summed E-state index contributed by atoms with van der Waals surface area (Å²) in [7, 11) is 0. The van der Waals surface area contributed by atoms with Gasteiger partial charge in [-0.2, -0.15) is 0 Å². The SMILES string of the molecule is CCOc1ccc(C(C)NC(C)c2cc(C)oc2C)cc1. The summed E-state index contributed by atoms with van der Waals surface area (Å²) in [4.78, 5) is 0. The fourth-order valence-electron chi connectivity index (χ4n) is 2.66. The van der Waals surface area contributed by atoms with Gasteiger partial charge in [0.15, 0.2) is 0 Å². The first-order chi connectivity index (χ1) is 10.0. The van der Waals surface area contributed by atoms with E-state index < -0.39 is 0 Å². The van der Waals surface area contributed by atoms with Crippen LogP contribution in [0.5, 0.6) is 5.75 Å². The summed E-state index contributed by atoms with van der Waals surface area (Å²) < 4.78 is 11.1. The summed E-state index contributed by atoms with van der Waals surface area (Å²) in [6.07, 6.45) is 0. The highest BCUT2D eigenvalue weighted by Crippen LogP contribution is 2.25.